The number of nitrogens with two attached hydrogens (primary N) is 1. The number of halogens is 3. The fourth-order valence-corrected chi connectivity index (χ4v) is 2.93. The maximum atomic E-state index is 12.7. The number of rotatable bonds is 4. The molecular weight excluding hydrogens is 293 g/mol. The number of carbonyl (C=O) groups is 1. The van der Waals surface area contributed by atoms with Crippen LogP contribution in [-0.2, 0) is 17.4 Å². The first kappa shape index (κ1) is 16.8. The normalized spacial score (nSPS) is 19.3. The summed E-state index contributed by atoms with van der Waals surface area (Å²) in [6.45, 7) is 1.41. The zero-order valence-corrected chi connectivity index (χ0v) is 12.4. The lowest BCUT2D eigenvalue weighted by molar-refractivity contribution is -0.137. The van der Waals surface area contributed by atoms with Crippen molar-refractivity contribution in [1.29, 1.82) is 0 Å². The van der Waals surface area contributed by atoms with Crippen molar-refractivity contribution in [2.24, 2.45) is 11.7 Å². The molecule has 1 fully saturated rings. The van der Waals surface area contributed by atoms with Crippen molar-refractivity contribution in [2.75, 3.05) is 19.6 Å². The standard InChI is InChI=1S/C16H21F3N2O/c17-16(18,19)14-5-1-3-12(9-14)6-7-13-4-2-8-21(11-13)15(22)10-20/h1,3,5,9,13H,2,4,6-8,10-11,20H2/t13-/m0/s1. The Kier molecular flexibility index (Phi) is 5.45. The Hall–Kier alpha value is -1.56. The van der Waals surface area contributed by atoms with E-state index in [4.69, 9.17) is 5.73 Å². The van der Waals surface area contributed by atoms with E-state index in [1.165, 1.54) is 12.1 Å². The first-order valence-corrected chi connectivity index (χ1v) is 7.54. The van der Waals surface area contributed by atoms with Crippen LogP contribution in [-0.4, -0.2) is 30.4 Å². The molecule has 0 saturated carbocycles. The minimum absolute atomic E-state index is 0.0142. The highest BCUT2D eigenvalue weighted by atomic mass is 19.4. The van der Waals surface area contributed by atoms with Gasteiger partial charge in [0.25, 0.3) is 0 Å². The van der Waals surface area contributed by atoms with E-state index in [0.717, 1.165) is 31.9 Å². The zero-order chi connectivity index (χ0) is 16.2. The predicted octanol–water partition coefficient (Wildman–Crippen LogP) is 2.84. The van der Waals surface area contributed by atoms with Gasteiger partial charge in [-0.1, -0.05) is 18.2 Å². The Balaban J connectivity index is 1.91. The second-order valence-corrected chi connectivity index (χ2v) is 5.79. The number of likely N-dealkylation sites (tertiary alicyclic amines) is 1. The number of hydrogen-bond donors (Lipinski definition) is 1. The largest absolute Gasteiger partial charge is 0.416 e. The van der Waals surface area contributed by atoms with Crippen LogP contribution in [0.4, 0.5) is 13.2 Å². The molecule has 2 rings (SSSR count). The molecule has 122 valence electrons. The predicted molar refractivity (Wildman–Crippen MR) is 78.1 cm³/mol. The third-order valence-corrected chi connectivity index (χ3v) is 4.14. The Morgan fingerprint density at radius 2 is 2.14 bits per heavy atom. The van der Waals surface area contributed by atoms with Crippen molar-refractivity contribution < 1.29 is 18.0 Å². The van der Waals surface area contributed by atoms with Crippen molar-refractivity contribution in [3.05, 3.63) is 35.4 Å². The lowest BCUT2D eigenvalue weighted by Crippen LogP contribution is -2.42. The molecule has 0 radical (unpaired) electrons. The second-order valence-electron chi connectivity index (χ2n) is 5.79. The van der Waals surface area contributed by atoms with Gasteiger partial charge in [0, 0.05) is 13.1 Å². The molecule has 1 saturated heterocycles. The molecule has 6 heteroatoms. The number of carbonyl (C=O) groups excluding carboxylic acids is 1. The van der Waals surface area contributed by atoms with Crippen LogP contribution < -0.4 is 5.73 Å². The number of hydrogen-bond acceptors (Lipinski definition) is 2. The summed E-state index contributed by atoms with van der Waals surface area (Å²) in [4.78, 5) is 13.4. The molecule has 0 unspecified atom stereocenters. The Morgan fingerprint density at radius 1 is 1.36 bits per heavy atom. The molecule has 0 aliphatic carbocycles. The van der Waals surface area contributed by atoms with Gasteiger partial charge in [-0.2, -0.15) is 13.2 Å². The van der Waals surface area contributed by atoms with Gasteiger partial charge in [0.15, 0.2) is 0 Å². The fourth-order valence-electron chi connectivity index (χ4n) is 2.93. The number of benzene rings is 1. The highest BCUT2D eigenvalue weighted by Gasteiger charge is 2.30. The molecule has 1 amide bonds. The van der Waals surface area contributed by atoms with Gasteiger partial charge in [-0.15, -0.1) is 0 Å². The molecule has 1 heterocycles. The molecule has 1 aromatic carbocycles. The third kappa shape index (κ3) is 4.47. The zero-order valence-electron chi connectivity index (χ0n) is 12.4. The van der Waals surface area contributed by atoms with Crippen LogP contribution >= 0.6 is 0 Å². The summed E-state index contributed by atoms with van der Waals surface area (Å²) >= 11 is 0. The average Bonchev–Trinajstić information content (AvgIpc) is 2.52. The highest BCUT2D eigenvalue weighted by molar-refractivity contribution is 5.78. The van der Waals surface area contributed by atoms with Crippen LogP contribution in [0.1, 0.15) is 30.4 Å². The molecule has 1 aliphatic rings. The molecule has 2 N–H and O–H groups in total. The molecular formula is C16H21F3N2O. The number of amides is 1. The molecule has 0 bridgehead atoms. The molecule has 1 atom stereocenters. The Morgan fingerprint density at radius 3 is 2.82 bits per heavy atom. The lowest BCUT2D eigenvalue weighted by Gasteiger charge is -2.32. The van der Waals surface area contributed by atoms with E-state index < -0.39 is 11.7 Å². The number of aryl methyl sites for hydroxylation is 1. The SMILES string of the molecule is NCC(=O)N1CCC[C@@H](CCc2cccc(C(F)(F)F)c2)C1. The quantitative estimate of drug-likeness (QED) is 0.929. The van der Waals surface area contributed by atoms with Gasteiger partial charge in [-0.05, 0) is 43.2 Å². The van der Waals surface area contributed by atoms with E-state index >= 15 is 0 Å². The maximum absolute atomic E-state index is 12.7. The number of nitrogens with zero attached hydrogens (tertiary/aromatic N) is 1. The third-order valence-electron chi connectivity index (χ3n) is 4.14. The van der Waals surface area contributed by atoms with Crippen molar-refractivity contribution >= 4 is 5.91 Å². The maximum Gasteiger partial charge on any atom is 0.416 e. The van der Waals surface area contributed by atoms with E-state index in [1.54, 1.807) is 11.0 Å². The van der Waals surface area contributed by atoms with Crippen molar-refractivity contribution in [3.8, 4) is 0 Å². The minimum Gasteiger partial charge on any atom is -0.341 e. The summed E-state index contributed by atoms with van der Waals surface area (Å²) in [5.74, 6) is 0.280. The lowest BCUT2D eigenvalue weighted by atomic mass is 9.91. The molecule has 3 nitrogen and oxygen atoms in total. The van der Waals surface area contributed by atoms with Crippen molar-refractivity contribution in [1.82, 2.24) is 4.90 Å². The van der Waals surface area contributed by atoms with E-state index in [2.05, 4.69) is 0 Å². The monoisotopic (exact) mass is 314 g/mol. The second kappa shape index (κ2) is 7.13. The summed E-state index contributed by atoms with van der Waals surface area (Å²) in [5.41, 5.74) is 5.46. The molecule has 0 spiro atoms. The smallest absolute Gasteiger partial charge is 0.341 e. The summed E-state index contributed by atoms with van der Waals surface area (Å²) < 4.78 is 38.1. The number of alkyl halides is 3. The molecule has 0 aromatic heterocycles. The number of piperidine rings is 1. The van der Waals surface area contributed by atoms with E-state index in [1.807, 2.05) is 0 Å². The summed E-state index contributed by atoms with van der Waals surface area (Å²) in [7, 11) is 0. The summed E-state index contributed by atoms with van der Waals surface area (Å²) in [6, 6.07) is 5.47. The molecule has 22 heavy (non-hydrogen) atoms. The summed E-state index contributed by atoms with van der Waals surface area (Å²) in [6.07, 6.45) is -0.980. The average molecular weight is 314 g/mol. The topological polar surface area (TPSA) is 46.3 Å². The Labute approximate surface area is 128 Å². The molecule has 1 aliphatic heterocycles. The van der Waals surface area contributed by atoms with Crippen LogP contribution in [0, 0.1) is 5.92 Å². The first-order valence-electron chi connectivity index (χ1n) is 7.54. The first-order chi connectivity index (χ1) is 10.4. The minimum atomic E-state index is -4.30. The van der Waals surface area contributed by atoms with Crippen LogP contribution in [0.15, 0.2) is 24.3 Å². The van der Waals surface area contributed by atoms with Gasteiger partial charge in [0.05, 0.1) is 12.1 Å². The molecule has 1 aromatic rings. The van der Waals surface area contributed by atoms with Gasteiger partial charge in [0.2, 0.25) is 5.91 Å². The van der Waals surface area contributed by atoms with Crippen LogP contribution in [0.25, 0.3) is 0 Å². The van der Waals surface area contributed by atoms with Crippen molar-refractivity contribution in [2.45, 2.75) is 31.9 Å². The van der Waals surface area contributed by atoms with E-state index in [0.29, 0.717) is 24.4 Å². The van der Waals surface area contributed by atoms with Gasteiger partial charge in [0.1, 0.15) is 0 Å². The fraction of sp³-hybridized carbons (Fsp3) is 0.562. The summed E-state index contributed by atoms with van der Waals surface area (Å²) in [5, 5.41) is 0. The van der Waals surface area contributed by atoms with Gasteiger partial charge in [-0.3, -0.25) is 4.79 Å². The van der Waals surface area contributed by atoms with Crippen LogP contribution in [0.5, 0.6) is 0 Å². The Bertz CT molecular complexity index is 516. The van der Waals surface area contributed by atoms with E-state index in [9.17, 15) is 18.0 Å². The van der Waals surface area contributed by atoms with Gasteiger partial charge in [-0.25, -0.2) is 0 Å². The van der Waals surface area contributed by atoms with Gasteiger partial charge < -0.3 is 10.6 Å². The van der Waals surface area contributed by atoms with Gasteiger partial charge >= 0.3 is 6.18 Å². The van der Waals surface area contributed by atoms with E-state index in [-0.39, 0.29) is 12.5 Å². The van der Waals surface area contributed by atoms with Crippen LogP contribution in [0.3, 0.4) is 0 Å². The van der Waals surface area contributed by atoms with Crippen LogP contribution in [0.2, 0.25) is 0 Å². The van der Waals surface area contributed by atoms with Crippen molar-refractivity contribution in [3.63, 3.8) is 0 Å². The highest BCUT2D eigenvalue weighted by Crippen LogP contribution is 2.30.